The molecule has 1 aliphatic heterocycles. The quantitative estimate of drug-likeness (QED) is 0.905. The Morgan fingerprint density at radius 3 is 3.00 bits per heavy atom. The van der Waals surface area contributed by atoms with Crippen molar-refractivity contribution >= 4 is 11.6 Å². The maximum absolute atomic E-state index is 6.07. The summed E-state index contributed by atoms with van der Waals surface area (Å²) in [4.78, 5) is 0. The highest BCUT2D eigenvalue weighted by Gasteiger charge is 2.57. The van der Waals surface area contributed by atoms with Crippen LogP contribution in [0.2, 0.25) is 5.02 Å². The first-order chi connectivity index (χ1) is 9.98. The second kappa shape index (κ2) is 5.91. The molecule has 116 valence electrons. The fourth-order valence-corrected chi connectivity index (χ4v) is 4.46. The lowest BCUT2D eigenvalue weighted by atomic mass is 9.55. The van der Waals surface area contributed by atoms with Crippen molar-refractivity contribution in [2.75, 3.05) is 6.61 Å². The van der Waals surface area contributed by atoms with Gasteiger partial charge in [0.15, 0.2) is 0 Å². The van der Waals surface area contributed by atoms with Gasteiger partial charge in [0.2, 0.25) is 0 Å². The molecule has 2 aliphatic rings. The van der Waals surface area contributed by atoms with Gasteiger partial charge in [0, 0.05) is 35.0 Å². The van der Waals surface area contributed by atoms with E-state index in [0.29, 0.717) is 24.1 Å². The molecule has 0 radical (unpaired) electrons. The van der Waals surface area contributed by atoms with E-state index in [1.54, 1.807) is 0 Å². The van der Waals surface area contributed by atoms with E-state index in [0.717, 1.165) is 18.1 Å². The van der Waals surface area contributed by atoms with Crippen molar-refractivity contribution in [1.29, 1.82) is 0 Å². The zero-order valence-electron chi connectivity index (χ0n) is 13.2. The van der Waals surface area contributed by atoms with Crippen molar-refractivity contribution < 1.29 is 4.74 Å². The van der Waals surface area contributed by atoms with Gasteiger partial charge < -0.3 is 10.1 Å². The van der Waals surface area contributed by atoms with E-state index in [1.807, 2.05) is 12.1 Å². The van der Waals surface area contributed by atoms with E-state index in [2.05, 4.69) is 38.2 Å². The van der Waals surface area contributed by atoms with E-state index in [1.165, 1.54) is 18.4 Å². The Balaban J connectivity index is 1.61. The molecule has 0 spiro atoms. The summed E-state index contributed by atoms with van der Waals surface area (Å²) in [6.45, 7) is 7.88. The topological polar surface area (TPSA) is 21.3 Å². The highest BCUT2D eigenvalue weighted by atomic mass is 35.5. The van der Waals surface area contributed by atoms with Gasteiger partial charge in [-0.2, -0.15) is 0 Å². The summed E-state index contributed by atoms with van der Waals surface area (Å²) in [5.74, 6) is 0.690. The van der Waals surface area contributed by atoms with Crippen molar-refractivity contribution in [1.82, 2.24) is 5.32 Å². The fourth-order valence-electron chi connectivity index (χ4n) is 4.24. The van der Waals surface area contributed by atoms with E-state index < -0.39 is 0 Å². The third kappa shape index (κ3) is 2.99. The fraction of sp³-hybridized carbons (Fsp3) is 0.667. The molecule has 2 fully saturated rings. The third-order valence-corrected chi connectivity index (χ3v) is 5.46. The summed E-state index contributed by atoms with van der Waals surface area (Å²) in [6.07, 6.45) is 3.97. The van der Waals surface area contributed by atoms with Crippen LogP contribution in [0.15, 0.2) is 24.3 Å². The number of halogens is 1. The third-order valence-electron chi connectivity index (χ3n) is 5.23. The molecule has 3 heteroatoms. The van der Waals surface area contributed by atoms with E-state index >= 15 is 0 Å². The first-order valence-corrected chi connectivity index (χ1v) is 8.48. The van der Waals surface area contributed by atoms with E-state index in [-0.39, 0.29) is 5.41 Å². The zero-order valence-corrected chi connectivity index (χ0v) is 14.0. The number of hydrogen-bond acceptors (Lipinski definition) is 2. The standard InChI is InChI=1S/C18H26ClNO/c1-12(10-13-6-4-7-14(19)11-13)20-16-15-8-5-9-21-17(15)18(16,2)3/h4,6-7,11-12,15-17,20H,5,8-10H2,1-3H3. The molecule has 0 aromatic heterocycles. The van der Waals surface area contributed by atoms with Gasteiger partial charge in [-0.05, 0) is 43.9 Å². The number of hydrogen-bond donors (Lipinski definition) is 1. The lowest BCUT2D eigenvalue weighted by Gasteiger charge is -2.60. The number of nitrogens with one attached hydrogen (secondary N) is 1. The normalized spacial score (nSPS) is 32.1. The maximum atomic E-state index is 6.07. The van der Waals surface area contributed by atoms with Gasteiger partial charge in [-0.1, -0.05) is 37.6 Å². The minimum Gasteiger partial charge on any atom is -0.377 e. The summed E-state index contributed by atoms with van der Waals surface area (Å²) in [6, 6.07) is 9.21. The largest absolute Gasteiger partial charge is 0.377 e. The van der Waals surface area contributed by atoms with Gasteiger partial charge >= 0.3 is 0 Å². The summed E-state index contributed by atoms with van der Waals surface area (Å²) in [5, 5.41) is 4.67. The Morgan fingerprint density at radius 2 is 2.24 bits per heavy atom. The molecule has 21 heavy (non-hydrogen) atoms. The van der Waals surface area contributed by atoms with Crippen LogP contribution < -0.4 is 5.32 Å². The average molecular weight is 308 g/mol. The van der Waals surface area contributed by atoms with E-state index in [9.17, 15) is 0 Å². The van der Waals surface area contributed by atoms with Crippen molar-refractivity contribution in [2.24, 2.45) is 11.3 Å². The van der Waals surface area contributed by atoms with Crippen LogP contribution in [-0.4, -0.2) is 24.8 Å². The van der Waals surface area contributed by atoms with Crippen LogP contribution >= 0.6 is 11.6 Å². The predicted octanol–water partition coefficient (Wildman–Crippen LogP) is 4.06. The first kappa shape index (κ1) is 15.3. The van der Waals surface area contributed by atoms with Crippen LogP contribution in [0.4, 0.5) is 0 Å². The molecule has 1 aromatic rings. The summed E-state index contributed by atoms with van der Waals surface area (Å²) in [7, 11) is 0. The molecule has 1 saturated carbocycles. The van der Waals surface area contributed by atoms with Gasteiger partial charge in [0.1, 0.15) is 0 Å². The highest BCUT2D eigenvalue weighted by Crippen LogP contribution is 2.51. The zero-order chi connectivity index (χ0) is 15.0. The van der Waals surface area contributed by atoms with Gasteiger partial charge in [0.25, 0.3) is 0 Å². The van der Waals surface area contributed by atoms with Crippen LogP contribution in [0.25, 0.3) is 0 Å². The molecule has 1 saturated heterocycles. The molecule has 3 rings (SSSR count). The van der Waals surface area contributed by atoms with Crippen molar-refractivity contribution in [3.8, 4) is 0 Å². The van der Waals surface area contributed by atoms with Crippen molar-refractivity contribution in [3.63, 3.8) is 0 Å². The minimum atomic E-state index is 0.244. The van der Waals surface area contributed by atoms with Crippen LogP contribution in [0, 0.1) is 11.3 Å². The van der Waals surface area contributed by atoms with Crippen LogP contribution in [-0.2, 0) is 11.2 Å². The van der Waals surface area contributed by atoms with Gasteiger partial charge in [-0.25, -0.2) is 0 Å². The molecular weight excluding hydrogens is 282 g/mol. The molecule has 4 unspecified atom stereocenters. The Labute approximate surface area is 133 Å². The van der Waals surface area contributed by atoms with Crippen molar-refractivity contribution in [2.45, 2.75) is 58.2 Å². The Bertz CT molecular complexity index is 502. The summed E-state index contributed by atoms with van der Waals surface area (Å²) < 4.78 is 5.98. The molecular formula is C18H26ClNO. The Morgan fingerprint density at radius 1 is 1.43 bits per heavy atom. The van der Waals surface area contributed by atoms with Gasteiger partial charge in [-0.3, -0.25) is 0 Å². The average Bonchev–Trinajstić information content (AvgIpc) is 2.45. The predicted molar refractivity (Wildman–Crippen MR) is 87.8 cm³/mol. The van der Waals surface area contributed by atoms with Crippen LogP contribution in [0.3, 0.4) is 0 Å². The van der Waals surface area contributed by atoms with Crippen LogP contribution in [0.1, 0.15) is 39.2 Å². The van der Waals surface area contributed by atoms with Gasteiger partial charge in [-0.15, -0.1) is 0 Å². The SMILES string of the molecule is CC(Cc1cccc(Cl)c1)NC1C2CCCOC2C1(C)C. The lowest BCUT2D eigenvalue weighted by molar-refractivity contribution is -0.194. The molecule has 2 nitrogen and oxygen atoms in total. The summed E-state index contributed by atoms with van der Waals surface area (Å²) in [5.41, 5.74) is 1.55. The maximum Gasteiger partial charge on any atom is 0.0684 e. The molecule has 1 heterocycles. The minimum absolute atomic E-state index is 0.244. The highest BCUT2D eigenvalue weighted by molar-refractivity contribution is 6.30. The number of fused-ring (bicyclic) bond motifs is 1. The molecule has 1 aromatic carbocycles. The van der Waals surface area contributed by atoms with E-state index in [4.69, 9.17) is 16.3 Å². The number of rotatable bonds is 4. The second-order valence-corrected chi connectivity index (χ2v) is 7.73. The monoisotopic (exact) mass is 307 g/mol. The Kier molecular flexibility index (Phi) is 4.31. The molecule has 1 N–H and O–H groups in total. The molecule has 1 aliphatic carbocycles. The van der Waals surface area contributed by atoms with Crippen molar-refractivity contribution in [3.05, 3.63) is 34.9 Å². The lowest BCUT2D eigenvalue weighted by Crippen LogP contribution is -2.70. The smallest absolute Gasteiger partial charge is 0.0684 e. The second-order valence-electron chi connectivity index (χ2n) is 7.30. The number of ether oxygens (including phenoxy) is 1. The number of benzene rings is 1. The Hall–Kier alpha value is -0.570. The van der Waals surface area contributed by atoms with Gasteiger partial charge in [0.05, 0.1) is 6.10 Å². The molecule has 0 amide bonds. The first-order valence-electron chi connectivity index (χ1n) is 8.10. The van der Waals surface area contributed by atoms with Crippen LogP contribution in [0.5, 0.6) is 0 Å². The molecule has 4 atom stereocenters. The summed E-state index contributed by atoms with van der Waals surface area (Å²) >= 11 is 6.07. The molecule has 0 bridgehead atoms.